The Morgan fingerprint density at radius 1 is 1.42 bits per heavy atom. The predicted molar refractivity (Wildman–Crippen MR) is 52.3 cm³/mol. The van der Waals surface area contributed by atoms with Crippen molar-refractivity contribution in [1.82, 2.24) is 15.3 Å². The maximum atomic E-state index is 4.20. The van der Waals surface area contributed by atoms with Gasteiger partial charge in [0.05, 0.1) is 11.4 Å². The van der Waals surface area contributed by atoms with Crippen LogP contribution in [0.15, 0.2) is 12.4 Å². The Labute approximate surface area is 78.0 Å². The van der Waals surface area contributed by atoms with Crippen molar-refractivity contribution in [2.24, 2.45) is 0 Å². The first-order chi connectivity index (χ1) is 5.83. The van der Waals surface area contributed by atoms with Crippen molar-refractivity contribution in [3.63, 3.8) is 0 Å². The molecule has 0 atom stereocenters. The largest absolute Gasteiger partial charge is 0.310 e. The molecule has 0 unspecified atom stereocenters. The van der Waals surface area contributed by atoms with Gasteiger partial charge in [0.2, 0.25) is 0 Å². The van der Waals surface area contributed by atoms with Crippen molar-refractivity contribution in [3.05, 3.63) is 23.8 Å². The van der Waals surface area contributed by atoms with Gasteiger partial charge in [-0.3, -0.25) is 9.97 Å². The van der Waals surface area contributed by atoms with Gasteiger partial charge in [0.15, 0.2) is 0 Å². The summed E-state index contributed by atoms with van der Waals surface area (Å²) < 4.78 is 0. The predicted octanol–water partition coefficient (Wildman–Crippen LogP) is 0.804. The lowest BCUT2D eigenvalue weighted by atomic mass is 10.4. The number of nitrogens with zero attached hydrogens (tertiary/aromatic N) is 2. The highest BCUT2D eigenvalue weighted by Gasteiger charge is 1.92. The van der Waals surface area contributed by atoms with E-state index in [0.717, 1.165) is 30.2 Å². The number of aryl methyl sites for hydroxylation is 1. The van der Waals surface area contributed by atoms with E-state index in [9.17, 15) is 0 Å². The molecular weight excluding hydrogens is 170 g/mol. The second-order valence-electron chi connectivity index (χ2n) is 2.55. The van der Waals surface area contributed by atoms with E-state index in [4.69, 9.17) is 0 Å². The van der Waals surface area contributed by atoms with Gasteiger partial charge in [0.1, 0.15) is 0 Å². The third kappa shape index (κ3) is 3.19. The fourth-order valence-electron chi connectivity index (χ4n) is 0.806. The minimum Gasteiger partial charge on any atom is -0.310 e. The number of aromatic nitrogens is 2. The summed E-state index contributed by atoms with van der Waals surface area (Å²) in [5.41, 5.74) is 1.93. The summed E-state index contributed by atoms with van der Waals surface area (Å²) in [6, 6.07) is 0. The fourth-order valence-corrected chi connectivity index (χ4v) is 0.964. The van der Waals surface area contributed by atoms with Crippen LogP contribution in [-0.4, -0.2) is 22.3 Å². The van der Waals surface area contributed by atoms with E-state index in [2.05, 4.69) is 27.9 Å². The van der Waals surface area contributed by atoms with E-state index in [1.807, 2.05) is 6.92 Å². The first kappa shape index (κ1) is 9.48. The molecule has 1 N–H and O–H groups in total. The van der Waals surface area contributed by atoms with Crippen molar-refractivity contribution in [1.29, 1.82) is 0 Å². The molecule has 0 aliphatic rings. The Balaban J connectivity index is 2.37. The van der Waals surface area contributed by atoms with Crippen molar-refractivity contribution in [3.8, 4) is 0 Å². The Hall–Kier alpha value is -0.610. The van der Waals surface area contributed by atoms with Crippen LogP contribution in [0.5, 0.6) is 0 Å². The first-order valence-corrected chi connectivity index (χ1v) is 4.55. The third-order valence-electron chi connectivity index (χ3n) is 1.43. The van der Waals surface area contributed by atoms with E-state index >= 15 is 0 Å². The Morgan fingerprint density at radius 2 is 2.25 bits per heavy atom. The summed E-state index contributed by atoms with van der Waals surface area (Å²) in [6.45, 7) is 3.60. The molecule has 4 heteroatoms. The van der Waals surface area contributed by atoms with Gasteiger partial charge in [0.25, 0.3) is 0 Å². The Bertz CT molecular complexity index is 222. The highest BCUT2D eigenvalue weighted by Crippen LogP contribution is 1.92. The van der Waals surface area contributed by atoms with Gasteiger partial charge in [-0.05, 0) is 6.92 Å². The van der Waals surface area contributed by atoms with E-state index in [1.165, 1.54) is 0 Å². The number of nitrogens with one attached hydrogen (secondary N) is 1. The standard InChI is InChI=1S/C8H13N3S/c1-7-4-11-8(6-10-7)5-9-2-3-12/h4,6,9,12H,2-3,5H2,1H3. The van der Waals surface area contributed by atoms with Crippen LogP contribution in [0.25, 0.3) is 0 Å². The second kappa shape index (κ2) is 5.11. The van der Waals surface area contributed by atoms with Gasteiger partial charge in [0, 0.05) is 31.2 Å². The summed E-state index contributed by atoms with van der Waals surface area (Å²) in [4.78, 5) is 8.34. The van der Waals surface area contributed by atoms with Gasteiger partial charge in [-0.15, -0.1) is 0 Å². The molecule has 0 saturated carbocycles. The lowest BCUT2D eigenvalue weighted by Gasteiger charge is -2.01. The molecule has 1 heterocycles. The molecule has 0 aliphatic carbocycles. The van der Waals surface area contributed by atoms with Crippen molar-refractivity contribution in [2.45, 2.75) is 13.5 Å². The van der Waals surface area contributed by atoms with Crippen LogP contribution in [0.2, 0.25) is 0 Å². The van der Waals surface area contributed by atoms with Gasteiger partial charge < -0.3 is 5.32 Å². The van der Waals surface area contributed by atoms with Crippen LogP contribution in [0, 0.1) is 6.92 Å². The van der Waals surface area contributed by atoms with Gasteiger partial charge in [-0.2, -0.15) is 12.6 Å². The molecule has 0 spiro atoms. The third-order valence-corrected chi connectivity index (χ3v) is 1.65. The number of hydrogen-bond donors (Lipinski definition) is 2. The summed E-state index contributed by atoms with van der Waals surface area (Å²) in [7, 11) is 0. The van der Waals surface area contributed by atoms with E-state index in [1.54, 1.807) is 12.4 Å². The van der Waals surface area contributed by atoms with Crippen molar-refractivity contribution >= 4 is 12.6 Å². The van der Waals surface area contributed by atoms with E-state index < -0.39 is 0 Å². The zero-order valence-electron chi connectivity index (χ0n) is 7.12. The van der Waals surface area contributed by atoms with Crippen LogP contribution < -0.4 is 5.32 Å². The van der Waals surface area contributed by atoms with Gasteiger partial charge >= 0.3 is 0 Å². The number of rotatable bonds is 4. The second-order valence-corrected chi connectivity index (χ2v) is 3.00. The van der Waals surface area contributed by atoms with Gasteiger partial charge in [-0.1, -0.05) is 0 Å². The highest BCUT2D eigenvalue weighted by atomic mass is 32.1. The molecule has 0 radical (unpaired) electrons. The van der Waals surface area contributed by atoms with Crippen LogP contribution in [0.1, 0.15) is 11.4 Å². The average Bonchev–Trinajstić information content (AvgIpc) is 2.09. The van der Waals surface area contributed by atoms with Crippen molar-refractivity contribution in [2.75, 3.05) is 12.3 Å². The summed E-state index contributed by atoms with van der Waals surface area (Å²) >= 11 is 4.08. The minimum atomic E-state index is 0.772. The molecule has 3 nitrogen and oxygen atoms in total. The maximum Gasteiger partial charge on any atom is 0.0724 e. The monoisotopic (exact) mass is 183 g/mol. The fraction of sp³-hybridized carbons (Fsp3) is 0.500. The van der Waals surface area contributed by atoms with Crippen LogP contribution in [0.3, 0.4) is 0 Å². The molecule has 0 amide bonds. The zero-order chi connectivity index (χ0) is 8.81. The smallest absolute Gasteiger partial charge is 0.0724 e. The van der Waals surface area contributed by atoms with E-state index in [0.29, 0.717) is 0 Å². The molecule has 0 bridgehead atoms. The van der Waals surface area contributed by atoms with Crippen LogP contribution in [0.4, 0.5) is 0 Å². The van der Waals surface area contributed by atoms with Crippen molar-refractivity contribution < 1.29 is 0 Å². The highest BCUT2D eigenvalue weighted by molar-refractivity contribution is 7.80. The normalized spacial score (nSPS) is 10.2. The Morgan fingerprint density at radius 3 is 2.83 bits per heavy atom. The van der Waals surface area contributed by atoms with Crippen LogP contribution >= 0.6 is 12.6 Å². The Kier molecular flexibility index (Phi) is 4.04. The van der Waals surface area contributed by atoms with E-state index in [-0.39, 0.29) is 0 Å². The molecule has 0 aromatic carbocycles. The molecule has 0 fully saturated rings. The summed E-state index contributed by atoms with van der Waals surface area (Å²) in [5, 5.41) is 3.19. The molecule has 1 rings (SSSR count). The molecule has 0 aliphatic heterocycles. The minimum absolute atomic E-state index is 0.772. The molecular formula is C8H13N3S. The lowest BCUT2D eigenvalue weighted by Crippen LogP contribution is -2.16. The topological polar surface area (TPSA) is 37.8 Å². The molecule has 1 aromatic heterocycles. The maximum absolute atomic E-state index is 4.20. The zero-order valence-corrected chi connectivity index (χ0v) is 8.01. The quantitative estimate of drug-likeness (QED) is 0.536. The number of hydrogen-bond acceptors (Lipinski definition) is 4. The van der Waals surface area contributed by atoms with Crippen LogP contribution in [-0.2, 0) is 6.54 Å². The molecule has 12 heavy (non-hydrogen) atoms. The lowest BCUT2D eigenvalue weighted by molar-refractivity contribution is 0.711. The first-order valence-electron chi connectivity index (χ1n) is 3.92. The SMILES string of the molecule is Cc1cnc(CNCCS)cn1. The molecule has 1 aromatic rings. The summed E-state index contributed by atoms with van der Waals surface area (Å²) in [6.07, 6.45) is 3.57. The average molecular weight is 183 g/mol. The molecule has 0 saturated heterocycles. The van der Waals surface area contributed by atoms with Gasteiger partial charge in [-0.25, -0.2) is 0 Å². The number of thiol groups is 1. The summed E-state index contributed by atoms with van der Waals surface area (Å²) in [5.74, 6) is 0.847. The molecule has 66 valence electrons.